The van der Waals surface area contributed by atoms with E-state index in [1.165, 1.54) is 12.4 Å². The number of amides is 2. The fourth-order valence-electron chi connectivity index (χ4n) is 4.91. The number of imidazole rings is 1. The number of carbonyl (C=O) groups excluding carboxylic acids is 2. The van der Waals surface area contributed by atoms with Gasteiger partial charge in [-0.15, -0.1) is 0 Å². The normalized spacial score (nSPS) is 16.0. The number of likely N-dealkylation sites (N-methyl/N-ethyl adjacent to an activating group) is 1. The number of aryl methyl sites for hydroxylation is 1. The van der Waals surface area contributed by atoms with E-state index in [1.807, 2.05) is 44.2 Å². The van der Waals surface area contributed by atoms with Crippen LogP contribution in [-0.2, 0) is 34.4 Å². The van der Waals surface area contributed by atoms with E-state index < -0.39 is 23.2 Å². The lowest BCUT2D eigenvalue weighted by Gasteiger charge is -2.30. The minimum atomic E-state index is -0.898. The average molecular weight is 524 g/mol. The van der Waals surface area contributed by atoms with Crippen LogP contribution in [0.4, 0.5) is 14.6 Å². The molecule has 0 radical (unpaired) electrons. The highest BCUT2D eigenvalue weighted by Gasteiger charge is 2.33. The summed E-state index contributed by atoms with van der Waals surface area (Å²) in [6.07, 6.45) is 5.55. The highest BCUT2D eigenvalue weighted by atomic mass is 19.1. The summed E-state index contributed by atoms with van der Waals surface area (Å²) in [5.41, 5.74) is 1.45. The third-order valence-corrected chi connectivity index (χ3v) is 7.27. The van der Waals surface area contributed by atoms with Gasteiger partial charge < -0.3 is 20.1 Å². The molecule has 0 saturated heterocycles. The van der Waals surface area contributed by atoms with Gasteiger partial charge >= 0.3 is 0 Å². The summed E-state index contributed by atoms with van der Waals surface area (Å²) >= 11 is 0. The maximum absolute atomic E-state index is 14.2. The Kier molecular flexibility index (Phi) is 8.26. The lowest BCUT2D eigenvalue weighted by atomic mass is 9.87. The molecule has 7 nitrogen and oxygen atoms in total. The molecule has 1 aliphatic rings. The molecule has 2 N–H and O–H groups in total. The fourth-order valence-corrected chi connectivity index (χ4v) is 4.91. The van der Waals surface area contributed by atoms with Gasteiger partial charge in [0.1, 0.15) is 17.2 Å². The van der Waals surface area contributed by atoms with E-state index in [9.17, 15) is 18.4 Å². The molecule has 9 heteroatoms. The molecule has 0 aliphatic heterocycles. The molecule has 1 heterocycles. The summed E-state index contributed by atoms with van der Waals surface area (Å²) in [4.78, 5) is 32.0. The predicted octanol–water partition coefficient (Wildman–Crippen LogP) is 4.07. The van der Waals surface area contributed by atoms with Crippen LogP contribution in [0, 0.1) is 11.6 Å². The Morgan fingerprint density at radius 2 is 1.95 bits per heavy atom. The number of nitrogens with zero attached hydrogens (tertiary/aromatic N) is 3. The molecular formula is C29H35F2N5O2. The topological polar surface area (TPSA) is 79.3 Å². The van der Waals surface area contributed by atoms with Crippen molar-refractivity contribution in [2.45, 2.75) is 64.1 Å². The molecule has 0 fully saturated rings. The number of anilines is 1. The Balaban J connectivity index is 1.32. The van der Waals surface area contributed by atoms with Gasteiger partial charge in [0.2, 0.25) is 11.8 Å². The second-order valence-corrected chi connectivity index (χ2v) is 10.5. The maximum atomic E-state index is 14.2. The van der Waals surface area contributed by atoms with Crippen molar-refractivity contribution in [3.8, 4) is 0 Å². The van der Waals surface area contributed by atoms with E-state index in [0.717, 1.165) is 18.1 Å². The summed E-state index contributed by atoms with van der Waals surface area (Å²) < 4.78 is 29.4. The zero-order valence-electron chi connectivity index (χ0n) is 22.3. The number of rotatable bonds is 9. The molecule has 0 bridgehead atoms. The van der Waals surface area contributed by atoms with Gasteiger partial charge in [-0.05, 0) is 69.2 Å². The van der Waals surface area contributed by atoms with Gasteiger partial charge in [-0.25, -0.2) is 13.8 Å². The summed E-state index contributed by atoms with van der Waals surface area (Å²) in [6, 6.07) is 11.6. The molecule has 0 spiro atoms. The van der Waals surface area contributed by atoms with E-state index in [-0.39, 0.29) is 17.9 Å². The quantitative estimate of drug-likeness (QED) is 0.443. The number of fused-ring (bicyclic) bond motifs is 1. The van der Waals surface area contributed by atoms with Crippen LogP contribution in [0.5, 0.6) is 0 Å². The Morgan fingerprint density at radius 1 is 1.21 bits per heavy atom. The zero-order valence-corrected chi connectivity index (χ0v) is 22.3. The van der Waals surface area contributed by atoms with E-state index in [1.54, 1.807) is 29.6 Å². The van der Waals surface area contributed by atoms with Crippen LogP contribution in [0.15, 0.2) is 55.0 Å². The van der Waals surface area contributed by atoms with Gasteiger partial charge in [-0.3, -0.25) is 9.59 Å². The number of halogens is 2. The Morgan fingerprint density at radius 3 is 2.68 bits per heavy atom. The third kappa shape index (κ3) is 6.27. The Labute approximate surface area is 222 Å². The molecule has 2 amide bonds. The summed E-state index contributed by atoms with van der Waals surface area (Å²) in [5, 5.41) is 6.05. The van der Waals surface area contributed by atoms with Crippen LogP contribution in [-0.4, -0.2) is 51.9 Å². The predicted molar refractivity (Wildman–Crippen MR) is 143 cm³/mol. The molecule has 1 aliphatic carbocycles. The van der Waals surface area contributed by atoms with Crippen LogP contribution in [0.3, 0.4) is 0 Å². The molecule has 38 heavy (non-hydrogen) atoms. The monoisotopic (exact) mass is 523 g/mol. The van der Waals surface area contributed by atoms with Crippen molar-refractivity contribution in [3.05, 3.63) is 83.3 Å². The molecule has 0 saturated carbocycles. The van der Waals surface area contributed by atoms with E-state index in [2.05, 4.69) is 15.6 Å². The van der Waals surface area contributed by atoms with Crippen molar-refractivity contribution in [3.63, 3.8) is 0 Å². The number of nitrogens with one attached hydrogen (secondary N) is 2. The lowest BCUT2D eigenvalue weighted by molar-refractivity contribution is -0.137. The summed E-state index contributed by atoms with van der Waals surface area (Å²) in [6.45, 7) is 5.95. The lowest BCUT2D eigenvalue weighted by Crippen LogP contribution is -2.46. The number of aromatic nitrogens is 2. The van der Waals surface area contributed by atoms with Crippen molar-refractivity contribution in [2.75, 3.05) is 18.9 Å². The second kappa shape index (κ2) is 11.4. The maximum Gasteiger partial charge on any atom is 0.248 e. The molecule has 3 aromatic rings. The number of carbonyl (C=O) groups is 2. The van der Waals surface area contributed by atoms with Crippen molar-refractivity contribution in [1.82, 2.24) is 19.8 Å². The molecule has 4 rings (SSSR count). The Bertz CT molecular complexity index is 1290. The fraction of sp³-hybridized carbons (Fsp3) is 0.414. The molecule has 2 unspecified atom stereocenters. The smallest absolute Gasteiger partial charge is 0.248 e. The number of hydrogen-bond donors (Lipinski definition) is 2. The SMILES string of the molecule is CC(NC1CCc2cc(F)cc(F)c2C1)C(=O)Nc1cn(C(C)(C)C(=O)N(C)CCc2ccccc2)cn1. The molecule has 2 atom stereocenters. The standard InChI is InChI=1S/C29H35F2N5O2/c1-19(33-23-11-10-21-14-22(30)15-25(31)24(21)16-23)27(37)34-26-17-36(18-32-26)29(2,3)28(38)35(4)13-12-20-8-6-5-7-9-20/h5-9,14-15,17-19,23,33H,10-13,16H2,1-4H3,(H,34,37). The molecular weight excluding hydrogens is 488 g/mol. The zero-order chi connectivity index (χ0) is 27.4. The first-order valence-corrected chi connectivity index (χ1v) is 12.9. The summed E-state index contributed by atoms with van der Waals surface area (Å²) in [7, 11) is 1.78. The van der Waals surface area contributed by atoms with Gasteiger partial charge in [0, 0.05) is 31.9 Å². The first kappa shape index (κ1) is 27.4. The van der Waals surface area contributed by atoms with Crippen molar-refractivity contribution in [2.24, 2.45) is 0 Å². The largest absolute Gasteiger partial charge is 0.343 e. The van der Waals surface area contributed by atoms with E-state index >= 15 is 0 Å². The molecule has 1 aromatic heterocycles. The van der Waals surface area contributed by atoms with Crippen LogP contribution in [0.2, 0.25) is 0 Å². The first-order valence-electron chi connectivity index (χ1n) is 12.9. The van der Waals surface area contributed by atoms with Crippen molar-refractivity contribution < 1.29 is 18.4 Å². The summed E-state index contributed by atoms with van der Waals surface area (Å²) in [5.74, 6) is -1.12. The minimum absolute atomic E-state index is 0.0663. The Hall–Kier alpha value is -3.59. The van der Waals surface area contributed by atoms with Crippen LogP contribution in [0.25, 0.3) is 0 Å². The van der Waals surface area contributed by atoms with Gasteiger partial charge in [-0.1, -0.05) is 30.3 Å². The van der Waals surface area contributed by atoms with Gasteiger partial charge in [0.15, 0.2) is 5.82 Å². The van der Waals surface area contributed by atoms with E-state index in [0.29, 0.717) is 42.8 Å². The van der Waals surface area contributed by atoms with Gasteiger partial charge in [0.05, 0.1) is 12.4 Å². The highest BCUT2D eigenvalue weighted by molar-refractivity contribution is 5.93. The molecule has 2 aromatic carbocycles. The number of hydrogen-bond acceptors (Lipinski definition) is 4. The van der Waals surface area contributed by atoms with Crippen molar-refractivity contribution in [1.29, 1.82) is 0 Å². The van der Waals surface area contributed by atoms with Crippen LogP contribution < -0.4 is 10.6 Å². The minimum Gasteiger partial charge on any atom is -0.343 e. The highest BCUT2D eigenvalue weighted by Crippen LogP contribution is 2.26. The average Bonchev–Trinajstić information content (AvgIpc) is 3.37. The van der Waals surface area contributed by atoms with Gasteiger partial charge in [-0.2, -0.15) is 0 Å². The van der Waals surface area contributed by atoms with Crippen molar-refractivity contribution >= 4 is 17.6 Å². The van der Waals surface area contributed by atoms with Crippen LogP contribution >= 0.6 is 0 Å². The third-order valence-electron chi connectivity index (χ3n) is 7.27. The number of benzene rings is 2. The van der Waals surface area contributed by atoms with Crippen LogP contribution in [0.1, 0.15) is 43.9 Å². The first-order chi connectivity index (χ1) is 18.0. The molecule has 202 valence electrons. The second-order valence-electron chi connectivity index (χ2n) is 10.5. The van der Waals surface area contributed by atoms with E-state index in [4.69, 9.17) is 0 Å². The van der Waals surface area contributed by atoms with Gasteiger partial charge in [0.25, 0.3) is 0 Å².